The van der Waals surface area contributed by atoms with Gasteiger partial charge in [-0.25, -0.2) is 15.0 Å². The fourth-order valence-corrected chi connectivity index (χ4v) is 2.59. The summed E-state index contributed by atoms with van der Waals surface area (Å²) in [5.74, 6) is 1.50. The Morgan fingerprint density at radius 2 is 2.10 bits per heavy atom. The van der Waals surface area contributed by atoms with Gasteiger partial charge in [0.15, 0.2) is 11.5 Å². The maximum atomic E-state index is 9.45. The van der Waals surface area contributed by atoms with E-state index in [0.29, 0.717) is 12.3 Å². The molecule has 3 rings (SSSR count). The molecule has 2 aromatic heterocycles. The van der Waals surface area contributed by atoms with Crippen molar-refractivity contribution in [1.82, 2.24) is 9.97 Å². The molecule has 1 aliphatic rings. The van der Waals surface area contributed by atoms with E-state index in [-0.39, 0.29) is 0 Å². The molecule has 0 radical (unpaired) electrons. The van der Waals surface area contributed by atoms with Crippen LogP contribution in [0.1, 0.15) is 23.7 Å². The SMILES string of the molecule is CCN1c2ncccc2C(C#N)=Nc2c(C)cc(C)nc21. The van der Waals surface area contributed by atoms with E-state index in [1.807, 2.05) is 43.9 Å². The van der Waals surface area contributed by atoms with Gasteiger partial charge >= 0.3 is 0 Å². The molecule has 0 bridgehead atoms. The Morgan fingerprint density at radius 1 is 1.29 bits per heavy atom. The van der Waals surface area contributed by atoms with Crippen molar-refractivity contribution in [2.75, 3.05) is 11.4 Å². The molecule has 0 atom stereocenters. The van der Waals surface area contributed by atoms with Crippen molar-refractivity contribution in [2.24, 2.45) is 4.99 Å². The first-order valence-corrected chi connectivity index (χ1v) is 6.85. The first kappa shape index (κ1) is 13.3. The summed E-state index contributed by atoms with van der Waals surface area (Å²) in [6.07, 6.45) is 1.73. The molecule has 0 spiro atoms. The number of hydrogen-bond donors (Lipinski definition) is 0. The molecule has 104 valence electrons. The maximum Gasteiger partial charge on any atom is 0.160 e. The molecular formula is C16H15N5. The lowest BCUT2D eigenvalue weighted by atomic mass is 10.1. The Hall–Kier alpha value is -2.74. The van der Waals surface area contributed by atoms with Crippen molar-refractivity contribution < 1.29 is 0 Å². The van der Waals surface area contributed by atoms with E-state index in [1.165, 1.54) is 0 Å². The average Bonchev–Trinajstić information content (AvgIpc) is 2.61. The second-order valence-electron chi connectivity index (χ2n) is 4.94. The van der Waals surface area contributed by atoms with Crippen molar-refractivity contribution >= 4 is 23.0 Å². The van der Waals surface area contributed by atoms with Gasteiger partial charge in [0.1, 0.15) is 17.6 Å². The van der Waals surface area contributed by atoms with Crippen molar-refractivity contribution in [3.8, 4) is 6.07 Å². The topological polar surface area (TPSA) is 65.2 Å². The smallest absolute Gasteiger partial charge is 0.160 e. The second-order valence-corrected chi connectivity index (χ2v) is 4.94. The van der Waals surface area contributed by atoms with Crippen LogP contribution in [0.15, 0.2) is 29.4 Å². The minimum Gasteiger partial charge on any atom is -0.309 e. The highest BCUT2D eigenvalue weighted by Crippen LogP contribution is 2.38. The largest absolute Gasteiger partial charge is 0.309 e. The van der Waals surface area contributed by atoms with Gasteiger partial charge in [0.25, 0.3) is 0 Å². The third-order valence-electron chi connectivity index (χ3n) is 3.49. The third kappa shape index (κ3) is 2.05. The van der Waals surface area contributed by atoms with Crippen molar-refractivity contribution in [3.05, 3.63) is 41.2 Å². The lowest BCUT2D eigenvalue weighted by Crippen LogP contribution is -2.20. The number of anilines is 2. The molecule has 0 saturated heterocycles. The lowest BCUT2D eigenvalue weighted by Gasteiger charge is -2.23. The second kappa shape index (κ2) is 4.98. The standard InChI is InChI=1S/C16H15N5/c1-4-21-15-12(6-5-7-18-15)13(9-17)20-14-10(2)8-11(3)19-16(14)21/h5-8H,4H2,1-3H3. The van der Waals surface area contributed by atoms with E-state index < -0.39 is 0 Å². The third-order valence-corrected chi connectivity index (χ3v) is 3.49. The molecule has 0 N–H and O–H groups in total. The van der Waals surface area contributed by atoms with Crippen molar-refractivity contribution in [3.63, 3.8) is 0 Å². The summed E-state index contributed by atoms with van der Waals surface area (Å²) in [5, 5.41) is 9.45. The molecular weight excluding hydrogens is 262 g/mol. The highest BCUT2D eigenvalue weighted by atomic mass is 15.3. The first-order valence-electron chi connectivity index (χ1n) is 6.85. The molecule has 5 heteroatoms. The number of nitrogens with zero attached hydrogens (tertiary/aromatic N) is 5. The van der Waals surface area contributed by atoms with Gasteiger partial charge in [-0.2, -0.15) is 5.26 Å². The zero-order valence-corrected chi connectivity index (χ0v) is 12.3. The Bertz CT molecular complexity index is 786. The molecule has 0 saturated carbocycles. The summed E-state index contributed by atoms with van der Waals surface area (Å²) in [6.45, 7) is 6.70. The summed E-state index contributed by atoms with van der Waals surface area (Å²) in [4.78, 5) is 15.6. The number of pyridine rings is 2. The van der Waals surface area contributed by atoms with Crippen LogP contribution in [-0.2, 0) is 0 Å². The number of nitriles is 1. The minimum atomic E-state index is 0.379. The van der Waals surface area contributed by atoms with Crippen molar-refractivity contribution in [1.29, 1.82) is 5.26 Å². The number of aliphatic imine (C=N–C) groups is 1. The van der Waals surface area contributed by atoms with Gasteiger partial charge in [0.05, 0.1) is 5.56 Å². The fraction of sp³-hybridized carbons (Fsp3) is 0.250. The van der Waals surface area contributed by atoms with Crippen LogP contribution < -0.4 is 4.90 Å². The molecule has 3 heterocycles. The average molecular weight is 277 g/mol. The Labute approximate surface area is 123 Å². The van der Waals surface area contributed by atoms with Gasteiger partial charge in [-0.1, -0.05) is 0 Å². The first-order chi connectivity index (χ1) is 10.2. The number of aryl methyl sites for hydroxylation is 2. The van der Waals surface area contributed by atoms with E-state index >= 15 is 0 Å². The van der Waals surface area contributed by atoms with E-state index in [4.69, 9.17) is 0 Å². The molecule has 2 aromatic rings. The molecule has 0 unspecified atom stereocenters. The summed E-state index contributed by atoms with van der Waals surface area (Å²) in [5.41, 5.74) is 3.81. The number of aromatic nitrogens is 2. The molecule has 21 heavy (non-hydrogen) atoms. The van der Waals surface area contributed by atoms with Crippen LogP contribution in [0.25, 0.3) is 0 Å². The van der Waals surface area contributed by atoms with Gasteiger partial charge in [-0.05, 0) is 44.5 Å². The van der Waals surface area contributed by atoms with E-state index in [1.54, 1.807) is 6.20 Å². The summed E-state index contributed by atoms with van der Waals surface area (Å²) in [6, 6.07) is 7.86. The molecule has 0 aliphatic carbocycles. The Morgan fingerprint density at radius 3 is 2.81 bits per heavy atom. The fourth-order valence-electron chi connectivity index (χ4n) is 2.59. The molecule has 5 nitrogen and oxygen atoms in total. The normalized spacial score (nSPS) is 12.9. The monoisotopic (exact) mass is 277 g/mol. The number of rotatable bonds is 1. The zero-order chi connectivity index (χ0) is 15.0. The number of hydrogen-bond acceptors (Lipinski definition) is 5. The van der Waals surface area contributed by atoms with Gasteiger partial charge in [-0.15, -0.1) is 0 Å². The van der Waals surface area contributed by atoms with Crippen LogP contribution in [-0.4, -0.2) is 22.2 Å². The highest BCUT2D eigenvalue weighted by Gasteiger charge is 2.25. The maximum absolute atomic E-state index is 9.45. The predicted octanol–water partition coefficient (Wildman–Crippen LogP) is 3.21. The van der Waals surface area contributed by atoms with Crippen LogP contribution in [0, 0.1) is 25.2 Å². The van der Waals surface area contributed by atoms with Gasteiger partial charge in [-0.3, -0.25) is 0 Å². The summed E-state index contributed by atoms with van der Waals surface area (Å²) < 4.78 is 0. The van der Waals surface area contributed by atoms with Crippen LogP contribution >= 0.6 is 0 Å². The van der Waals surface area contributed by atoms with Crippen molar-refractivity contribution in [2.45, 2.75) is 20.8 Å². The van der Waals surface area contributed by atoms with Crippen LogP contribution in [0.5, 0.6) is 0 Å². The zero-order valence-electron chi connectivity index (χ0n) is 12.3. The molecule has 0 fully saturated rings. The minimum absolute atomic E-state index is 0.379. The molecule has 0 aromatic carbocycles. The van der Waals surface area contributed by atoms with Crippen LogP contribution in [0.3, 0.4) is 0 Å². The summed E-state index contributed by atoms with van der Waals surface area (Å²) in [7, 11) is 0. The van der Waals surface area contributed by atoms with E-state index in [0.717, 1.165) is 34.1 Å². The lowest BCUT2D eigenvalue weighted by molar-refractivity contribution is 0.952. The Kier molecular flexibility index (Phi) is 3.15. The highest BCUT2D eigenvalue weighted by molar-refractivity contribution is 6.17. The van der Waals surface area contributed by atoms with E-state index in [9.17, 15) is 5.26 Å². The molecule has 0 amide bonds. The number of fused-ring (bicyclic) bond motifs is 2. The molecule has 1 aliphatic heterocycles. The predicted molar refractivity (Wildman–Crippen MR) is 82.4 cm³/mol. The van der Waals surface area contributed by atoms with E-state index in [2.05, 4.69) is 21.0 Å². The van der Waals surface area contributed by atoms with Gasteiger partial charge in [0, 0.05) is 18.4 Å². The van der Waals surface area contributed by atoms with Gasteiger partial charge in [0.2, 0.25) is 0 Å². The Balaban J connectivity index is 2.40. The van der Waals surface area contributed by atoms with Crippen LogP contribution in [0.4, 0.5) is 17.3 Å². The summed E-state index contributed by atoms with van der Waals surface area (Å²) >= 11 is 0. The van der Waals surface area contributed by atoms with Crippen LogP contribution in [0.2, 0.25) is 0 Å². The van der Waals surface area contributed by atoms with Gasteiger partial charge < -0.3 is 4.90 Å². The quantitative estimate of drug-likeness (QED) is 0.802.